The number of hydrogen-bond donors (Lipinski definition) is 2. The van der Waals surface area contributed by atoms with Crippen LogP contribution >= 0.6 is 0 Å². The van der Waals surface area contributed by atoms with Gasteiger partial charge in [-0.05, 0) is 5.41 Å². The summed E-state index contributed by atoms with van der Waals surface area (Å²) in [7, 11) is 0. The number of carboxylic acid groups (broad SMARTS) is 1. The van der Waals surface area contributed by atoms with E-state index in [0.29, 0.717) is 0 Å². The molecule has 1 heterocycles. The Labute approximate surface area is 89.2 Å². The molecule has 1 amide bonds. The van der Waals surface area contributed by atoms with Crippen molar-refractivity contribution in [1.82, 2.24) is 4.90 Å². The molecule has 5 nitrogen and oxygen atoms in total. The molecule has 1 fully saturated rings. The molecule has 15 heavy (non-hydrogen) atoms. The lowest BCUT2D eigenvalue weighted by Crippen LogP contribution is -2.59. The highest BCUT2D eigenvalue weighted by atomic mass is 16.4. The van der Waals surface area contributed by atoms with E-state index in [1.54, 1.807) is 0 Å². The predicted molar refractivity (Wildman–Crippen MR) is 55.1 cm³/mol. The van der Waals surface area contributed by atoms with Crippen molar-refractivity contribution in [3.8, 4) is 0 Å². The fraction of sp³-hybridized carbons (Fsp3) is 0.800. The Hall–Kier alpha value is -1.10. The molecule has 0 aromatic rings. The zero-order valence-corrected chi connectivity index (χ0v) is 9.36. The summed E-state index contributed by atoms with van der Waals surface area (Å²) in [6, 6.07) is -0.563. The van der Waals surface area contributed by atoms with Crippen LogP contribution < -0.4 is 5.73 Å². The molecule has 1 saturated heterocycles. The molecule has 0 radical (unpaired) electrons. The van der Waals surface area contributed by atoms with Crippen molar-refractivity contribution in [2.45, 2.75) is 26.8 Å². The largest absolute Gasteiger partial charge is 0.481 e. The average Bonchev–Trinajstić information content (AvgIpc) is 1.97. The molecule has 0 unspecified atom stereocenters. The number of hydrogen-bond acceptors (Lipinski definition) is 3. The Morgan fingerprint density at radius 3 is 2.20 bits per heavy atom. The van der Waals surface area contributed by atoms with Gasteiger partial charge in [0.2, 0.25) is 5.91 Å². The third-order valence-electron chi connectivity index (χ3n) is 2.74. The van der Waals surface area contributed by atoms with Gasteiger partial charge >= 0.3 is 5.97 Å². The van der Waals surface area contributed by atoms with E-state index in [0.717, 1.165) is 0 Å². The summed E-state index contributed by atoms with van der Waals surface area (Å²) in [4.78, 5) is 23.8. The van der Waals surface area contributed by atoms with Crippen LogP contribution in [0, 0.1) is 11.3 Å². The highest BCUT2D eigenvalue weighted by Gasteiger charge is 2.40. The van der Waals surface area contributed by atoms with Crippen molar-refractivity contribution < 1.29 is 14.7 Å². The van der Waals surface area contributed by atoms with E-state index in [4.69, 9.17) is 10.8 Å². The van der Waals surface area contributed by atoms with Gasteiger partial charge in [0.05, 0.1) is 12.0 Å². The number of carboxylic acids is 1. The number of carbonyl (C=O) groups excluding carboxylic acids is 1. The highest BCUT2D eigenvalue weighted by molar-refractivity contribution is 5.85. The first kappa shape index (κ1) is 12.0. The Morgan fingerprint density at radius 2 is 1.87 bits per heavy atom. The fourth-order valence-corrected chi connectivity index (χ4v) is 1.38. The van der Waals surface area contributed by atoms with Crippen molar-refractivity contribution in [1.29, 1.82) is 0 Å². The lowest BCUT2D eigenvalue weighted by Gasteiger charge is -2.40. The first-order chi connectivity index (χ1) is 6.73. The summed E-state index contributed by atoms with van der Waals surface area (Å²) >= 11 is 0. The number of likely N-dealkylation sites (tertiary alicyclic amines) is 1. The molecule has 0 spiro atoms. The highest BCUT2D eigenvalue weighted by Crippen LogP contribution is 2.23. The Balaban J connectivity index is 2.48. The molecule has 0 aromatic heterocycles. The second-order valence-electron chi connectivity index (χ2n) is 5.12. The maximum Gasteiger partial charge on any atom is 0.310 e. The molecule has 1 atom stereocenters. The van der Waals surface area contributed by atoms with E-state index >= 15 is 0 Å². The molecular weight excluding hydrogens is 196 g/mol. The number of nitrogens with zero attached hydrogens (tertiary/aromatic N) is 1. The molecular formula is C10H18N2O3. The lowest BCUT2D eigenvalue weighted by atomic mass is 9.85. The molecule has 0 aromatic carbocycles. The number of carbonyl (C=O) groups is 2. The first-order valence-electron chi connectivity index (χ1n) is 5.00. The van der Waals surface area contributed by atoms with Crippen LogP contribution in [0.5, 0.6) is 0 Å². The van der Waals surface area contributed by atoms with Gasteiger partial charge in [-0.1, -0.05) is 20.8 Å². The minimum Gasteiger partial charge on any atom is -0.481 e. The average molecular weight is 214 g/mol. The van der Waals surface area contributed by atoms with Crippen molar-refractivity contribution in [2.75, 3.05) is 13.1 Å². The molecule has 0 saturated carbocycles. The normalized spacial score (nSPS) is 19.6. The van der Waals surface area contributed by atoms with Crippen LogP contribution in [-0.4, -0.2) is 41.0 Å². The van der Waals surface area contributed by atoms with E-state index in [2.05, 4.69) is 0 Å². The van der Waals surface area contributed by atoms with E-state index in [1.165, 1.54) is 4.90 Å². The van der Waals surface area contributed by atoms with Gasteiger partial charge in [0.15, 0.2) is 0 Å². The van der Waals surface area contributed by atoms with Crippen molar-refractivity contribution in [3.63, 3.8) is 0 Å². The predicted octanol–water partition coefficient (Wildman–Crippen LogP) is -0.0972. The van der Waals surface area contributed by atoms with Crippen molar-refractivity contribution in [2.24, 2.45) is 17.1 Å². The minimum absolute atomic E-state index is 0.153. The van der Waals surface area contributed by atoms with E-state index < -0.39 is 17.9 Å². The lowest BCUT2D eigenvalue weighted by molar-refractivity contribution is -0.154. The molecule has 3 N–H and O–H groups in total. The van der Waals surface area contributed by atoms with E-state index in [-0.39, 0.29) is 24.4 Å². The summed E-state index contributed by atoms with van der Waals surface area (Å²) in [6.07, 6.45) is 0. The Kier molecular flexibility index (Phi) is 3.04. The van der Waals surface area contributed by atoms with Crippen molar-refractivity contribution in [3.05, 3.63) is 0 Å². The van der Waals surface area contributed by atoms with Gasteiger partial charge < -0.3 is 15.7 Å². The van der Waals surface area contributed by atoms with Crippen LogP contribution in [0.3, 0.4) is 0 Å². The summed E-state index contributed by atoms with van der Waals surface area (Å²) in [6.45, 7) is 6.26. The van der Waals surface area contributed by atoms with Gasteiger partial charge in [-0.25, -0.2) is 0 Å². The van der Waals surface area contributed by atoms with Crippen LogP contribution in [0.15, 0.2) is 0 Å². The summed E-state index contributed by atoms with van der Waals surface area (Å²) in [5, 5.41) is 8.66. The SMILES string of the molecule is CC(C)(C)[C@@H](N)C(=O)N1CC(C(=O)O)C1. The quantitative estimate of drug-likeness (QED) is 0.672. The Bertz CT molecular complexity index is 277. The third-order valence-corrected chi connectivity index (χ3v) is 2.74. The second kappa shape index (κ2) is 3.81. The number of nitrogens with two attached hydrogens (primary N) is 1. The topological polar surface area (TPSA) is 83.6 Å². The monoisotopic (exact) mass is 214 g/mol. The summed E-state index contributed by atoms with van der Waals surface area (Å²) < 4.78 is 0. The van der Waals surface area contributed by atoms with E-state index in [1.807, 2.05) is 20.8 Å². The zero-order chi connectivity index (χ0) is 11.8. The molecule has 5 heteroatoms. The summed E-state index contributed by atoms with van der Waals surface area (Å²) in [5.41, 5.74) is 5.50. The molecule has 86 valence electrons. The van der Waals surface area contributed by atoms with Crippen LogP contribution in [0.2, 0.25) is 0 Å². The molecule has 1 aliphatic rings. The van der Waals surface area contributed by atoms with Crippen LogP contribution in [0.4, 0.5) is 0 Å². The first-order valence-corrected chi connectivity index (χ1v) is 5.00. The number of aliphatic carboxylic acids is 1. The fourth-order valence-electron chi connectivity index (χ4n) is 1.38. The van der Waals surface area contributed by atoms with Gasteiger partial charge in [0.25, 0.3) is 0 Å². The van der Waals surface area contributed by atoms with Gasteiger partial charge in [-0.3, -0.25) is 9.59 Å². The zero-order valence-electron chi connectivity index (χ0n) is 9.36. The summed E-state index contributed by atoms with van der Waals surface area (Å²) in [5.74, 6) is -1.41. The maximum atomic E-state index is 11.7. The van der Waals surface area contributed by atoms with Crippen LogP contribution in [0.1, 0.15) is 20.8 Å². The van der Waals surface area contributed by atoms with Crippen LogP contribution in [0.25, 0.3) is 0 Å². The maximum absolute atomic E-state index is 11.7. The smallest absolute Gasteiger partial charge is 0.310 e. The molecule has 1 aliphatic heterocycles. The van der Waals surface area contributed by atoms with Gasteiger partial charge in [0.1, 0.15) is 0 Å². The van der Waals surface area contributed by atoms with E-state index in [9.17, 15) is 9.59 Å². The standard InChI is InChI=1S/C10H18N2O3/c1-10(2,3)7(11)8(13)12-4-6(5-12)9(14)15/h6-7H,4-5,11H2,1-3H3,(H,14,15)/t7-/m0/s1. The molecule has 0 bridgehead atoms. The third kappa shape index (κ3) is 2.47. The minimum atomic E-state index is -0.844. The van der Waals surface area contributed by atoms with Crippen molar-refractivity contribution >= 4 is 11.9 Å². The molecule has 0 aliphatic carbocycles. The van der Waals surface area contributed by atoms with Gasteiger partial charge in [0, 0.05) is 13.1 Å². The molecule has 1 rings (SSSR count). The second-order valence-corrected chi connectivity index (χ2v) is 5.12. The van der Waals surface area contributed by atoms with Gasteiger partial charge in [-0.2, -0.15) is 0 Å². The number of rotatable bonds is 2. The Morgan fingerprint density at radius 1 is 1.40 bits per heavy atom. The van der Waals surface area contributed by atoms with Crippen LogP contribution in [-0.2, 0) is 9.59 Å². The van der Waals surface area contributed by atoms with Gasteiger partial charge in [-0.15, -0.1) is 0 Å². The number of amides is 1.